The lowest BCUT2D eigenvalue weighted by atomic mass is 10.0. The number of nitrogens with one attached hydrogen (secondary N) is 2. The molecule has 0 radical (unpaired) electrons. The smallest absolute Gasteiger partial charge is 0.246 e. The summed E-state index contributed by atoms with van der Waals surface area (Å²) in [7, 11) is 1.61. The predicted molar refractivity (Wildman–Crippen MR) is 109 cm³/mol. The normalized spacial score (nSPS) is 11.6. The second-order valence-electron chi connectivity index (χ2n) is 6.37. The minimum absolute atomic E-state index is 0.108. The van der Waals surface area contributed by atoms with Crippen LogP contribution in [0.15, 0.2) is 78.9 Å². The van der Waals surface area contributed by atoms with Crippen molar-refractivity contribution in [3.63, 3.8) is 0 Å². The second-order valence-corrected chi connectivity index (χ2v) is 6.37. The molecule has 0 saturated carbocycles. The predicted octanol–water partition coefficient (Wildman–Crippen LogP) is 4.47. The van der Waals surface area contributed by atoms with Crippen LogP contribution in [0.5, 0.6) is 5.75 Å². The molecule has 0 fully saturated rings. The van der Waals surface area contributed by atoms with Gasteiger partial charge in [0.1, 0.15) is 11.8 Å². The third-order valence-corrected chi connectivity index (χ3v) is 4.49. The highest BCUT2D eigenvalue weighted by Gasteiger charge is 2.20. The Morgan fingerprint density at radius 1 is 0.963 bits per heavy atom. The Kier molecular flexibility index (Phi) is 6.23. The summed E-state index contributed by atoms with van der Waals surface area (Å²) in [4.78, 5) is 13.0. The van der Waals surface area contributed by atoms with Gasteiger partial charge in [0.05, 0.1) is 7.11 Å². The first-order valence-corrected chi connectivity index (χ1v) is 8.95. The second kappa shape index (κ2) is 9.01. The van der Waals surface area contributed by atoms with Crippen LogP contribution in [0, 0.1) is 6.92 Å². The van der Waals surface area contributed by atoms with E-state index in [1.54, 1.807) is 13.2 Å². The molecule has 3 aromatic carbocycles. The highest BCUT2D eigenvalue weighted by molar-refractivity contribution is 5.95. The number of rotatable bonds is 7. The summed E-state index contributed by atoms with van der Waals surface area (Å²) in [6.07, 6.45) is 0. The summed E-state index contributed by atoms with van der Waals surface area (Å²) in [5.41, 5.74) is 4.00. The van der Waals surface area contributed by atoms with E-state index in [1.165, 1.54) is 11.1 Å². The fourth-order valence-electron chi connectivity index (χ4n) is 2.94. The van der Waals surface area contributed by atoms with E-state index in [1.807, 2.05) is 60.7 Å². The Labute approximate surface area is 160 Å². The molecule has 0 heterocycles. The topological polar surface area (TPSA) is 50.4 Å². The van der Waals surface area contributed by atoms with Crippen LogP contribution in [-0.2, 0) is 11.3 Å². The van der Waals surface area contributed by atoms with Gasteiger partial charge in [0, 0.05) is 18.3 Å². The van der Waals surface area contributed by atoms with E-state index >= 15 is 0 Å². The number of hydrogen-bond acceptors (Lipinski definition) is 3. The van der Waals surface area contributed by atoms with Crippen LogP contribution < -0.4 is 15.4 Å². The molecule has 3 aromatic rings. The van der Waals surface area contributed by atoms with Gasteiger partial charge in [0.15, 0.2) is 0 Å². The number of benzene rings is 3. The Bertz CT molecular complexity index is 894. The number of methoxy groups -OCH3 is 1. The van der Waals surface area contributed by atoms with Gasteiger partial charge in [-0.15, -0.1) is 0 Å². The van der Waals surface area contributed by atoms with Crippen molar-refractivity contribution in [3.8, 4) is 5.75 Å². The summed E-state index contributed by atoms with van der Waals surface area (Å²) in [6, 6.07) is 24.8. The quantitative estimate of drug-likeness (QED) is 0.653. The fraction of sp³-hybridized carbons (Fsp3) is 0.174. The summed E-state index contributed by atoms with van der Waals surface area (Å²) < 4.78 is 5.23. The van der Waals surface area contributed by atoms with Gasteiger partial charge < -0.3 is 10.1 Å². The lowest BCUT2D eigenvalue weighted by Gasteiger charge is -2.20. The summed E-state index contributed by atoms with van der Waals surface area (Å²) in [6.45, 7) is 2.68. The minimum atomic E-state index is -0.461. The highest BCUT2D eigenvalue weighted by atomic mass is 16.5. The number of carbonyl (C=O) groups is 1. The first-order chi connectivity index (χ1) is 13.2. The van der Waals surface area contributed by atoms with Gasteiger partial charge in [0.2, 0.25) is 5.91 Å². The highest BCUT2D eigenvalue weighted by Crippen LogP contribution is 2.20. The van der Waals surface area contributed by atoms with Crippen molar-refractivity contribution >= 4 is 11.6 Å². The number of ether oxygens (including phenoxy) is 1. The molecule has 1 atom stereocenters. The Morgan fingerprint density at radius 3 is 2.44 bits per heavy atom. The van der Waals surface area contributed by atoms with E-state index in [2.05, 4.69) is 29.7 Å². The van der Waals surface area contributed by atoms with Crippen molar-refractivity contribution in [1.29, 1.82) is 0 Å². The average molecular weight is 360 g/mol. The molecule has 1 amide bonds. The van der Waals surface area contributed by atoms with Crippen LogP contribution in [0.3, 0.4) is 0 Å². The molecule has 2 N–H and O–H groups in total. The zero-order valence-corrected chi connectivity index (χ0v) is 15.6. The molecule has 3 rings (SSSR count). The molecule has 0 saturated heterocycles. The van der Waals surface area contributed by atoms with E-state index in [0.29, 0.717) is 18.0 Å². The van der Waals surface area contributed by atoms with Crippen molar-refractivity contribution in [1.82, 2.24) is 5.32 Å². The standard InChI is InChI=1S/C23H24N2O2/c1-17-9-6-7-12-19(17)16-24-22(18-10-4-3-5-11-18)23(26)25-20-13-8-14-21(15-20)27-2/h3-15,22,24H,16H2,1-2H3,(H,25,26)/t22-/m0/s1. The van der Waals surface area contributed by atoms with Gasteiger partial charge in [-0.1, -0.05) is 60.7 Å². The molecule has 4 heteroatoms. The maximum absolute atomic E-state index is 13.0. The molecular weight excluding hydrogens is 336 g/mol. The van der Waals surface area contributed by atoms with Crippen LogP contribution in [-0.4, -0.2) is 13.0 Å². The van der Waals surface area contributed by atoms with Crippen molar-refractivity contribution in [2.45, 2.75) is 19.5 Å². The van der Waals surface area contributed by atoms with Crippen LogP contribution in [0.1, 0.15) is 22.7 Å². The molecule has 138 valence electrons. The molecule has 0 aliphatic heterocycles. The van der Waals surface area contributed by atoms with Gasteiger partial charge in [-0.3, -0.25) is 10.1 Å². The van der Waals surface area contributed by atoms with Gasteiger partial charge >= 0.3 is 0 Å². The van der Waals surface area contributed by atoms with Gasteiger partial charge in [-0.2, -0.15) is 0 Å². The molecule has 0 spiro atoms. The van der Waals surface area contributed by atoms with Gasteiger partial charge in [-0.25, -0.2) is 0 Å². The maximum Gasteiger partial charge on any atom is 0.246 e. The minimum Gasteiger partial charge on any atom is -0.497 e. The molecule has 0 bridgehead atoms. The lowest BCUT2D eigenvalue weighted by molar-refractivity contribution is -0.118. The van der Waals surface area contributed by atoms with Crippen LogP contribution >= 0.6 is 0 Å². The fourth-order valence-corrected chi connectivity index (χ4v) is 2.94. The number of hydrogen-bond donors (Lipinski definition) is 2. The maximum atomic E-state index is 13.0. The number of aryl methyl sites for hydroxylation is 1. The third-order valence-electron chi connectivity index (χ3n) is 4.49. The summed E-state index contributed by atoms with van der Waals surface area (Å²) >= 11 is 0. The van der Waals surface area contributed by atoms with Crippen LogP contribution in [0.2, 0.25) is 0 Å². The first kappa shape index (κ1) is 18.7. The van der Waals surface area contributed by atoms with Crippen molar-refractivity contribution < 1.29 is 9.53 Å². The zero-order chi connectivity index (χ0) is 19.1. The van der Waals surface area contributed by atoms with E-state index < -0.39 is 6.04 Å². The first-order valence-electron chi connectivity index (χ1n) is 8.95. The summed E-state index contributed by atoms with van der Waals surface area (Å²) in [5.74, 6) is 0.597. The molecule has 0 unspecified atom stereocenters. The van der Waals surface area contributed by atoms with Crippen molar-refractivity contribution in [2.75, 3.05) is 12.4 Å². The van der Waals surface area contributed by atoms with Crippen molar-refractivity contribution in [2.24, 2.45) is 0 Å². The zero-order valence-electron chi connectivity index (χ0n) is 15.6. The number of carbonyl (C=O) groups excluding carboxylic acids is 1. The Hall–Kier alpha value is -3.11. The van der Waals surface area contributed by atoms with Crippen molar-refractivity contribution in [3.05, 3.63) is 95.6 Å². The molecular formula is C23H24N2O2. The van der Waals surface area contributed by atoms with Crippen LogP contribution in [0.4, 0.5) is 5.69 Å². The van der Waals surface area contributed by atoms with Crippen LogP contribution in [0.25, 0.3) is 0 Å². The molecule has 0 aromatic heterocycles. The monoisotopic (exact) mass is 360 g/mol. The lowest BCUT2D eigenvalue weighted by Crippen LogP contribution is -2.32. The molecule has 0 aliphatic rings. The SMILES string of the molecule is COc1cccc(NC(=O)[C@@H](NCc2ccccc2C)c2ccccc2)c1. The van der Waals surface area contributed by atoms with Gasteiger partial charge in [0.25, 0.3) is 0 Å². The number of amides is 1. The van der Waals surface area contributed by atoms with Gasteiger partial charge in [-0.05, 0) is 35.7 Å². The Balaban J connectivity index is 1.79. The summed E-state index contributed by atoms with van der Waals surface area (Å²) in [5, 5.41) is 6.38. The molecule has 4 nitrogen and oxygen atoms in total. The van der Waals surface area contributed by atoms with E-state index in [4.69, 9.17) is 4.74 Å². The molecule has 27 heavy (non-hydrogen) atoms. The Morgan fingerprint density at radius 2 is 1.70 bits per heavy atom. The van der Waals surface area contributed by atoms with E-state index in [9.17, 15) is 4.79 Å². The van der Waals surface area contributed by atoms with E-state index in [0.717, 1.165) is 5.56 Å². The average Bonchev–Trinajstić information content (AvgIpc) is 2.70. The third kappa shape index (κ3) is 4.96. The largest absolute Gasteiger partial charge is 0.497 e. The van der Waals surface area contributed by atoms with E-state index in [-0.39, 0.29) is 5.91 Å². The number of anilines is 1. The molecule has 0 aliphatic carbocycles.